The standard InChI is InChI=1S/C5H8O3/c1-4(7-2)5(6)8-3/h1H2,2-3H3. The fourth-order valence-electron chi connectivity index (χ4n) is 0.197. The Hall–Kier alpha value is -0.990. The Morgan fingerprint density at radius 1 is 1.38 bits per heavy atom. The second-order valence-corrected chi connectivity index (χ2v) is 1.12. The molecule has 0 atom stereocenters. The summed E-state index contributed by atoms with van der Waals surface area (Å²) >= 11 is 0. The Labute approximate surface area is 47.9 Å². The van der Waals surface area contributed by atoms with Gasteiger partial charge in [-0.15, -0.1) is 0 Å². The average molecular weight is 116 g/mol. The molecule has 0 heterocycles. The Balaban J connectivity index is 3.64. The van der Waals surface area contributed by atoms with Crippen LogP contribution in [0.25, 0.3) is 0 Å². The molecule has 0 bridgehead atoms. The summed E-state index contributed by atoms with van der Waals surface area (Å²) in [5.41, 5.74) is 0. The van der Waals surface area contributed by atoms with Gasteiger partial charge in [-0.05, 0) is 6.58 Å². The number of esters is 1. The molecule has 0 rings (SSSR count). The van der Waals surface area contributed by atoms with Gasteiger partial charge in [-0.3, -0.25) is 0 Å². The van der Waals surface area contributed by atoms with Crippen LogP contribution in [0.3, 0.4) is 0 Å². The number of carbonyl (C=O) groups excluding carboxylic acids is 1. The molecular weight excluding hydrogens is 108 g/mol. The zero-order valence-corrected chi connectivity index (χ0v) is 4.93. The smallest absolute Gasteiger partial charge is 0.372 e. The molecule has 0 spiro atoms. The van der Waals surface area contributed by atoms with E-state index in [2.05, 4.69) is 16.1 Å². The normalized spacial score (nSPS) is 7.75. The highest BCUT2D eigenvalue weighted by atomic mass is 16.6. The first-order valence-corrected chi connectivity index (χ1v) is 2.03. The van der Waals surface area contributed by atoms with Crippen molar-refractivity contribution >= 4 is 5.97 Å². The Morgan fingerprint density at radius 2 is 1.88 bits per heavy atom. The van der Waals surface area contributed by atoms with Crippen LogP contribution in [0.2, 0.25) is 0 Å². The van der Waals surface area contributed by atoms with Gasteiger partial charge in [0.15, 0.2) is 5.76 Å². The quantitative estimate of drug-likeness (QED) is 0.296. The van der Waals surface area contributed by atoms with Crippen molar-refractivity contribution in [2.75, 3.05) is 14.2 Å². The Bertz CT molecular complexity index is 92.2. The molecule has 0 saturated heterocycles. The third-order valence-corrected chi connectivity index (χ3v) is 0.659. The van der Waals surface area contributed by atoms with Crippen molar-refractivity contribution < 1.29 is 14.3 Å². The molecular formula is C5H8O3. The van der Waals surface area contributed by atoms with Gasteiger partial charge in [-0.2, -0.15) is 0 Å². The molecule has 46 valence electrons. The van der Waals surface area contributed by atoms with Crippen LogP contribution < -0.4 is 0 Å². The average Bonchev–Trinajstić information content (AvgIpc) is 1.84. The molecule has 0 aliphatic rings. The van der Waals surface area contributed by atoms with E-state index in [0.717, 1.165) is 0 Å². The predicted molar refractivity (Wildman–Crippen MR) is 28.2 cm³/mol. The lowest BCUT2D eigenvalue weighted by Gasteiger charge is -1.98. The molecule has 0 aromatic heterocycles. The van der Waals surface area contributed by atoms with Crippen LogP contribution in [0.5, 0.6) is 0 Å². The van der Waals surface area contributed by atoms with Crippen molar-refractivity contribution in [3.8, 4) is 0 Å². The van der Waals surface area contributed by atoms with Gasteiger partial charge < -0.3 is 9.47 Å². The molecule has 0 radical (unpaired) electrons. The third-order valence-electron chi connectivity index (χ3n) is 0.659. The van der Waals surface area contributed by atoms with Gasteiger partial charge in [0.1, 0.15) is 0 Å². The van der Waals surface area contributed by atoms with Gasteiger partial charge in [0, 0.05) is 0 Å². The lowest BCUT2D eigenvalue weighted by Crippen LogP contribution is -2.04. The molecule has 3 nitrogen and oxygen atoms in total. The van der Waals surface area contributed by atoms with Crippen molar-refractivity contribution in [3.05, 3.63) is 12.3 Å². The monoisotopic (exact) mass is 116 g/mol. The highest BCUT2D eigenvalue weighted by Gasteiger charge is 2.03. The molecule has 8 heavy (non-hydrogen) atoms. The summed E-state index contributed by atoms with van der Waals surface area (Å²) in [4.78, 5) is 10.3. The van der Waals surface area contributed by atoms with E-state index in [-0.39, 0.29) is 5.76 Å². The Kier molecular flexibility index (Phi) is 2.69. The van der Waals surface area contributed by atoms with Crippen molar-refractivity contribution in [2.24, 2.45) is 0 Å². The minimum absolute atomic E-state index is 0.0208. The van der Waals surface area contributed by atoms with Gasteiger partial charge >= 0.3 is 5.97 Å². The lowest BCUT2D eigenvalue weighted by atomic mass is 10.6. The number of carbonyl (C=O) groups is 1. The maximum Gasteiger partial charge on any atom is 0.372 e. The molecule has 0 aliphatic carbocycles. The van der Waals surface area contributed by atoms with Gasteiger partial charge in [-0.25, -0.2) is 4.79 Å². The molecule has 0 N–H and O–H groups in total. The predicted octanol–water partition coefficient (Wildman–Crippen LogP) is 0.319. The van der Waals surface area contributed by atoms with Crippen LogP contribution in [-0.4, -0.2) is 20.2 Å². The van der Waals surface area contributed by atoms with E-state index in [1.807, 2.05) is 0 Å². The highest BCUT2D eigenvalue weighted by Crippen LogP contribution is 1.90. The largest absolute Gasteiger partial charge is 0.490 e. The van der Waals surface area contributed by atoms with E-state index in [1.165, 1.54) is 14.2 Å². The first-order valence-electron chi connectivity index (χ1n) is 2.03. The zero-order valence-electron chi connectivity index (χ0n) is 4.93. The molecule has 0 aromatic rings. The van der Waals surface area contributed by atoms with Crippen molar-refractivity contribution in [2.45, 2.75) is 0 Å². The summed E-state index contributed by atoms with van der Waals surface area (Å²) in [7, 11) is 2.63. The van der Waals surface area contributed by atoms with E-state index < -0.39 is 5.97 Å². The van der Waals surface area contributed by atoms with E-state index in [9.17, 15) is 4.79 Å². The summed E-state index contributed by atoms with van der Waals surface area (Å²) < 4.78 is 8.67. The molecule has 0 amide bonds. The molecule has 0 aromatic carbocycles. The van der Waals surface area contributed by atoms with Gasteiger partial charge in [0.25, 0.3) is 0 Å². The second kappa shape index (κ2) is 3.07. The van der Waals surface area contributed by atoms with E-state index in [4.69, 9.17) is 0 Å². The van der Waals surface area contributed by atoms with Crippen LogP contribution in [0.4, 0.5) is 0 Å². The zero-order chi connectivity index (χ0) is 6.57. The summed E-state index contributed by atoms with van der Waals surface area (Å²) in [6.07, 6.45) is 0. The second-order valence-electron chi connectivity index (χ2n) is 1.12. The SMILES string of the molecule is C=C(OC)C(=O)OC. The number of ether oxygens (including phenoxy) is 2. The maximum atomic E-state index is 10.3. The summed E-state index contributed by atoms with van der Waals surface area (Å²) in [6, 6.07) is 0. The summed E-state index contributed by atoms with van der Waals surface area (Å²) in [6.45, 7) is 3.25. The first kappa shape index (κ1) is 7.01. The van der Waals surface area contributed by atoms with E-state index in [0.29, 0.717) is 0 Å². The van der Waals surface area contributed by atoms with Gasteiger partial charge in [-0.1, -0.05) is 0 Å². The fraction of sp³-hybridized carbons (Fsp3) is 0.400. The maximum absolute atomic E-state index is 10.3. The minimum Gasteiger partial charge on any atom is -0.490 e. The van der Waals surface area contributed by atoms with Crippen molar-refractivity contribution in [1.82, 2.24) is 0 Å². The topological polar surface area (TPSA) is 35.5 Å². The van der Waals surface area contributed by atoms with Crippen LogP contribution in [0.1, 0.15) is 0 Å². The molecule has 0 saturated carbocycles. The highest BCUT2D eigenvalue weighted by molar-refractivity contribution is 5.85. The fourth-order valence-corrected chi connectivity index (χ4v) is 0.197. The van der Waals surface area contributed by atoms with Crippen molar-refractivity contribution in [1.29, 1.82) is 0 Å². The summed E-state index contributed by atoms with van der Waals surface area (Å²) in [5.74, 6) is -0.514. The van der Waals surface area contributed by atoms with Crippen LogP contribution in [0.15, 0.2) is 12.3 Å². The Morgan fingerprint density at radius 3 is 2.00 bits per heavy atom. The molecule has 0 aliphatic heterocycles. The minimum atomic E-state index is -0.535. The molecule has 0 unspecified atom stereocenters. The van der Waals surface area contributed by atoms with Crippen LogP contribution in [-0.2, 0) is 14.3 Å². The number of rotatable bonds is 2. The van der Waals surface area contributed by atoms with E-state index in [1.54, 1.807) is 0 Å². The van der Waals surface area contributed by atoms with Crippen LogP contribution in [0, 0.1) is 0 Å². The summed E-state index contributed by atoms with van der Waals surface area (Å²) in [5, 5.41) is 0. The number of hydrogen-bond donors (Lipinski definition) is 0. The third kappa shape index (κ3) is 1.64. The lowest BCUT2D eigenvalue weighted by molar-refractivity contribution is -0.139. The molecule has 3 heteroatoms. The van der Waals surface area contributed by atoms with Crippen LogP contribution >= 0.6 is 0 Å². The van der Waals surface area contributed by atoms with Gasteiger partial charge in [0.2, 0.25) is 0 Å². The first-order chi connectivity index (χ1) is 3.72. The number of methoxy groups -OCH3 is 2. The number of hydrogen-bond acceptors (Lipinski definition) is 3. The van der Waals surface area contributed by atoms with Crippen molar-refractivity contribution in [3.63, 3.8) is 0 Å². The van der Waals surface area contributed by atoms with E-state index >= 15 is 0 Å². The van der Waals surface area contributed by atoms with Gasteiger partial charge in [0.05, 0.1) is 14.2 Å². The molecule has 0 fully saturated rings.